The number of amides is 2. The number of hydrogen-bond acceptors (Lipinski definition) is 6. The van der Waals surface area contributed by atoms with Crippen molar-refractivity contribution in [1.29, 1.82) is 0 Å². The normalized spacial score (nSPS) is 14.9. The quantitative estimate of drug-likeness (QED) is 0.440. The highest BCUT2D eigenvalue weighted by Gasteiger charge is 2.30. The summed E-state index contributed by atoms with van der Waals surface area (Å²) in [6.07, 6.45) is 0. The minimum Gasteiger partial charge on any atom is -0.383 e. The summed E-state index contributed by atoms with van der Waals surface area (Å²) in [6.45, 7) is 3.01. The lowest BCUT2D eigenvalue weighted by atomic mass is 10.0. The molecule has 5 rings (SSSR count). The van der Waals surface area contributed by atoms with Crippen LogP contribution in [0.3, 0.4) is 0 Å². The fraction of sp³-hybridized carbons (Fsp3) is 0.214. The standard InChI is InChI=1S/C28H28N6O2/c29-26-22-13-7-8-14-23(22)30-24(31-26)19-33-15-17-34(18-16-33)28(36)25(20-9-3-1-4-10-20)32-27(35)21-11-5-2-6-12-21/h1-14,25H,15-19H2,(H,32,35)(H2,29,30,31). The summed E-state index contributed by atoms with van der Waals surface area (Å²) < 4.78 is 0. The molecule has 8 nitrogen and oxygen atoms in total. The number of carbonyl (C=O) groups excluding carboxylic acids is 2. The molecule has 3 N–H and O–H groups in total. The molecule has 8 heteroatoms. The molecule has 4 aromatic rings. The molecule has 2 heterocycles. The highest BCUT2D eigenvalue weighted by atomic mass is 16.2. The van der Waals surface area contributed by atoms with Gasteiger partial charge in [0.05, 0.1) is 12.1 Å². The fourth-order valence-electron chi connectivity index (χ4n) is 4.47. The second-order valence-corrected chi connectivity index (χ2v) is 8.83. The van der Waals surface area contributed by atoms with Gasteiger partial charge in [0.2, 0.25) is 5.91 Å². The minimum absolute atomic E-state index is 0.115. The topological polar surface area (TPSA) is 104 Å². The number of hydrogen-bond donors (Lipinski definition) is 2. The molecule has 1 unspecified atom stereocenters. The molecule has 0 aliphatic carbocycles. The van der Waals surface area contributed by atoms with Crippen molar-refractivity contribution >= 4 is 28.5 Å². The van der Waals surface area contributed by atoms with E-state index in [9.17, 15) is 9.59 Å². The summed E-state index contributed by atoms with van der Waals surface area (Å²) >= 11 is 0. The van der Waals surface area contributed by atoms with Gasteiger partial charge in [-0.15, -0.1) is 0 Å². The number of anilines is 1. The number of para-hydroxylation sites is 1. The molecule has 0 bridgehead atoms. The number of nitrogens with one attached hydrogen (secondary N) is 1. The molecule has 3 aromatic carbocycles. The third-order valence-corrected chi connectivity index (χ3v) is 6.42. The van der Waals surface area contributed by atoms with Crippen LogP contribution in [0.25, 0.3) is 10.9 Å². The van der Waals surface area contributed by atoms with Gasteiger partial charge in [-0.25, -0.2) is 9.97 Å². The molecule has 1 saturated heterocycles. The molecule has 1 aliphatic rings. The zero-order chi connectivity index (χ0) is 24.9. The summed E-state index contributed by atoms with van der Waals surface area (Å²) in [5, 5.41) is 3.79. The lowest BCUT2D eigenvalue weighted by Crippen LogP contribution is -2.52. The van der Waals surface area contributed by atoms with Gasteiger partial charge >= 0.3 is 0 Å². The number of nitrogens with two attached hydrogens (primary N) is 1. The number of fused-ring (bicyclic) bond motifs is 1. The van der Waals surface area contributed by atoms with E-state index in [-0.39, 0.29) is 11.8 Å². The van der Waals surface area contributed by atoms with Gasteiger partial charge in [-0.3, -0.25) is 14.5 Å². The molecule has 36 heavy (non-hydrogen) atoms. The highest BCUT2D eigenvalue weighted by molar-refractivity contribution is 5.97. The maximum Gasteiger partial charge on any atom is 0.252 e. The van der Waals surface area contributed by atoms with E-state index >= 15 is 0 Å². The molecule has 0 spiro atoms. The zero-order valence-electron chi connectivity index (χ0n) is 19.9. The van der Waals surface area contributed by atoms with Gasteiger partial charge in [0.25, 0.3) is 5.91 Å². The number of nitrogen functional groups attached to an aromatic ring is 1. The summed E-state index contributed by atoms with van der Waals surface area (Å²) in [7, 11) is 0. The van der Waals surface area contributed by atoms with Crippen molar-refractivity contribution in [3.63, 3.8) is 0 Å². The summed E-state index contributed by atoms with van der Waals surface area (Å²) in [5.74, 6) is 0.756. The van der Waals surface area contributed by atoms with E-state index in [0.29, 0.717) is 49.9 Å². The average molecular weight is 481 g/mol. The van der Waals surface area contributed by atoms with Crippen LogP contribution in [-0.2, 0) is 11.3 Å². The molecular formula is C28H28N6O2. The van der Waals surface area contributed by atoms with Crippen LogP contribution in [0.15, 0.2) is 84.9 Å². The zero-order valence-corrected chi connectivity index (χ0v) is 19.9. The summed E-state index contributed by atoms with van der Waals surface area (Å²) in [5.41, 5.74) is 8.24. The minimum atomic E-state index is -0.755. The Kier molecular flexibility index (Phi) is 6.86. The smallest absolute Gasteiger partial charge is 0.252 e. The first-order chi connectivity index (χ1) is 17.6. The fourth-order valence-corrected chi connectivity index (χ4v) is 4.47. The largest absolute Gasteiger partial charge is 0.383 e. The van der Waals surface area contributed by atoms with E-state index in [0.717, 1.165) is 16.5 Å². The molecule has 1 aromatic heterocycles. The predicted octanol–water partition coefficient (Wildman–Crippen LogP) is 3.03. The van der Waals surface area contributed by atoms with Crippen LogP contribution in [0.5, 0.6) is 0 Å². The van der Waals surface area contributed by atoms with Crippen LogP contribution >= 0.6 is 0 Å². The number of nitrogens with zero attached hydrogens (tertiary/aromatic N) is 4. The first-order valence-corrected chi connectivity index (χ1v) is 12.0. The average Bonchev–Trinajstić information content (AvgIpc) is 2.93. The SMILES string of the molecule is Nc1nc(CN2CCN(C(=O)C(NC(=O)c3ccccc3)c3ccccc3)CC2)nc2ccccc12. The summed E-state index contributed by atoms with van der Waals surface area (Å²) in [4.78, 5) is 39.6. The van der Waals surface area contributed by atoms with Crippen LogP contribution in [0.1, 0.15) is 27.8 Å². The van der Waals surface area contributed by atoms with Gasteiger partial charge in [0.1, 0.15) is 17.7 Å². The van der Waals surface area contributed by atoms with Crippen LogP contribution in [0, 0.1) is 0 Å². The van der Waals surface area contributed by atoms with E-state index in [4.69, 9.17) is 5.73 Å². The Morgan fingerprint density at radius 3 is 2.19 bits per heavy atom. The van der Waals surface area contributed by atoms with Gasteiger partial charge in [0, 0.05) is 37.1 Å². The van der Waals surface area contributed by atoms with Gasteiger partial charge in [-0.05, 0) is 29.8 Å². The first kappa shape index (κ1) is 23.4. The third-order valence-electron chi connectivity index (χ3n) is 6.42. The van der Waals surface area contributed by atoms with E-state index < -0.39 is 6.04 Å². The van der Waals surface area contributed by atoms with E-state index in [1.54, 1.807) is 24.3 Å². The molecule has 2 amide bonds. The Balaban J connectivity index is 1.26. The Morgan fingerprint density at radius 1 is 0.833 bits per heavy atom. The third kappa shape index (κ3) is 5.18. The van der Waals surface area contributed by atoms with Crippen LogP contribution in [0.2, 0.25) is 0 Å². The van der Waals surface area contributed by atoms with Crippen LogP contribution in [-0.4, -0.2) is 57.8 Å². The van der Waals surface area contributed by atoms with Crippen molar-refractivity contribution in [3.8, 4) is 0 Å². The van der Waals surface area contributed by atoms with Gasteiger partial charge in [0.15, 0.2) is 0 Å². The lowest BCUT2D eigenvalue weighted by Gasteiger charge is -2.36. The van der Waals surface area contributed by atoms with Gasteiger partial charge < -0.3 is 16.0 Å². The Morgan fingerprint density at radius 2 is 1.47 bits per heavy atom. The maximum absolute atomic E-state index is 13.6. The molecule has 182 valence electrons. The van der Waals surface area contributed by atoms with Crippen molar-refractivity contribution in [3.05, 3.63) is 102 Å². The number of rotatable bonds is 6. The molecule has 1 aliphatic heterocycles. The molecule has 0 saturated carbocycles. The van der Waals surface area contributed by atoms with E-state index in [1.165, 1.54) is 0 Å². The number of aromatic nitrogens is 2. The Hall–Kier alpha value is -4.30. The summed E-state index contributed by atoms with van der Waals surface area (Å²) in [6, 6.07) is 25.3. The number of piperazine rings is 1. The van der Waals surface area contributed by atoms with Crippen molar-refractivity contribution < 1.29 is 9.59 Å². The van der Waals surface area contributed by atoms with E-state index in [2.05, 4.69) is 20.2 Å². The number of carbonyl (C=O) groups is 2. The monoisotopic (exact) mass is 480 g/mol. The van der Waals surface area contributed by atoms with Crippen molar-refractivity contribution in [2.24, 2.45) is 0 Å². The van der Waals surface area contributed by atoms with Gasteiger partial charge in [-0.2, -0.15) is 0 Å². The Labute approximate surface area is 209 Å². The van der Waals surface area contributed by atoms with E-state index in [1.807, 2.05) is 65.6 Å². The van der Waals surface area contributed by atoms with Crippen molar-refractivity contribution in [2.75, 3.05) is 31.9 Å². The Bertz CT molecular complexity index is 1350. The molecule has 0 radical (unpaired) electrons. The second-order valence-electron chi connectivity index (χ2n) is 8.83. The molecular weight excluding hydrogens is 452 g/mol. The lowest BCUT2D eigenvalue weighted by molar-refractivity contribution is -0.135. The van der Waals surface area contributed by atoms with Crippen LogP contribution in [0.4, 0.5) is 5.82 Å². The van der Waals surface area contributed by atoms with Gasteiger partial charge in [-0.1, -0.05) is 60.7 Å². The van der Waals surface area contributed by atoms with Crippen molar-refractivity contribution in [1.82, 2.24) is 25.1 Å². The highest BCUT2D eigenvalue weighted by Crippen LogP contribution is 2.20. The number of benzene rings is 3. The second kappa shape index (κ2) is 10.5. The van der Waals surface area contributed by atoms with Crippen LogP contribution < -0.4 is 11.1 Å². The first-order valence-electron chi connectivity index (χ1n) is 12.0. The van der Waals surface area contributed by atoms with Crippen molar-refractivity contribution in [2.45, 2.75) is 12.6 Å². The molecule has 1 fully saturated rings. The maximum atomic E-state index is 13.6. The molecule has 1 atom stereocenters. The predicted molar refractivity (Wildman–Crippen MR) is 139 cm³/mol.